The molecule has 3 N–H and O–H groups in total. The molecule has 0 aromatic rings. The van der Waals surface area contributed by atoms with Gasteiger partial charge in [0.1, 0.15) is 0 Å². The first-order valence-corrected chi connectivity index (χ1v) is 2.35. The van der Waals surface area contributed by atoms with Gasteiger partial charge in [-0.05, 0) is 14.0 Å². The molecular formula is C3H10BNO3. The van der Waals surface area contributed by atoms with Crippen LogP contribution in [0.2, 0.25) is 0 Å². The number of rotatable bonds is 3. The van der Waals surface area contributed by atoms with Gasteiger partial charge in [-0.3, -0.25) is 5.32 Å². The van der Waals surface area contributed by atoms with E-state index in [0.29, 0.717) is 0 Å². The molecule has 0 aliphatic heterocycles. The average Bonchev–Trinajstić information content (AvgIpc) is 1.65. The summed E-state index contributed by atoms with van der Waals surface area (Å²) in [5, 5.41) is 18.9. The molecule has 0 rings (SSSR count). The van der Waals surface area contributed by atoms with E-state index in [-0.39, 0.29) is 6.23 Å². The minimum Gasteiger partial charge on any atom is -0.402 e. The van der Waals surface area contributed by atoms with Gasteiger partial charge < -0.3 is 14.7 Å². The molecule has 0 bridgehead atoms. The van der Waals surface area contributed by atoms with Crippen LogP contribution in [0.4, 0.5) is 0 Å². The molecule has 0 radical (unpaired) electrons. The van der Waals surface area contributed by atoms with Crippen molar-refractivity contribution in [1.29, 1.82) is 0 Å². The lowest BCUT2D eigenvalue weighted by molar-refractivity contribution is 0.112. The highest BCUT2D eigenvalue weighted by atomic mass is 16.6. The summed E-state index contributed by atoms with van der Waals surface area (Å²) in [7, 11) is -0.0231. The van der Waals surface area contributed by atoms with Crippen LogP contribution in [0.15, 0.2) is 0 Å². The molecule has 0 aromatic heterocycles. The maximum atomic E-state index is 8.15. The summed E-state index contributed by atoms with van der Waals surface area (Å²) in [5.41, 5.74) is 0. The molecule has 0 aromatic carbocycles. The molecule has 1 unspecified atom stereocenters. The molecule has 0 saturated carbocycles. The van der Waals surface area contributed by atoms with Gasteiger partial charge in [-0.2, -0.15) is 0 Å². The molecule has 48 valence electrons. The Hall–Kier alpha value is -0.0951. The normalized spacial score (nSPS) is 13.5. The summed E-state index contributed by atoms with van der Waals surface area (Å²) in [6.45, 7) is 1.67. The van der Waals surface area contributed by atoms with E-state index < -0.39 is 7.32 Å². The Morgan fingerprint density at radius 1 is 1.62 bits per heavy atom. The van der Waals surface area contributed by atoms with Gasteiger partial charge in [0.25, 0.3) is 0 Å². The van der Waals surface area contributed by atoms with Crippen LogP contribution >= 0.6 is 0 Å². The van der Waals surface area contributed by atoms with Gasteiger partial charge in [-0.25, -0.2) is 0 Å². The number of nitrogens with one attached hydrogen (secondary N) is 1. The Morgan fingerprint density at radius 2 is 2.12 bits per heavy atom. The predicted octanol–water partition coefficient (Wildman–Crippen LogP) is -1.46. The average molecular weight is 119 g/mol. The van der Waals surface area contributed by atoms with Crippen LogP contribution in [0, 0.1) is 0 Å². The third-order valence-electron chi connectivity index (χ3n) is 0.732. The second-order valence-electron chi connectivity index (χ2n) is 1.39. The third-order valence-corrected chi connectivity index (χ3v) is 0.732. The predicted molar refractivity (Wildman–Crippen MR) is 29.8 cm³/mol. The Bertz CT molecular complexity index is 60.5. The molecule has 0 heterocycles. The maximum absolute atomic E-state index is 8.15. The van der Waals surface area contributed by atoms with E-state index in [4.69, 9.17) is 10.0 Å². The first-order valence-electron chi connectivity index (χ1n) is 2.35. The van der Waals surface area contributed by atoms with Crippen molar-refractivity contribution in [3.63, 3.8) is 0 Å². The molecule has 0 fully saturated rings. The SMILES string of the molecule is CNC(C)OB(O)O. The molecule has 0 amide bonds. The van der Waals surface area contributed by atoms with Gasteiger partial charge in [0.05, 0.1) is 6.23 Å². The molecule has 5 heteroatoms. The zero-order chi connectivity index (χ0) is 6.57. The van der Waals surface area contributed by atoms with Gasteiger partial charge in [0, 0.05) is 0 Å². The Kier molecular flexibility index (Phi) is 3.81. The van der Waals surface area contributed by atoms with Crippen molar-refractivity contribution in [3.8, 4) is 0 Å². The van der Waals surface area contributed by atoms with Crippen LogP contribution in [0.3, 0.4) is 0 Å². The minimum atomic E-state index is -1.68. The zero-order valence-corrected chi connectivity index (χ0v) is 4.96. The van der Waals surface area contributed by atoms with Crippen molar-refractivity contribution >= 4 is 7.32 Å². The van der Waals surface area contributed by atoms with Gasteiger partial charge in [-0.1, -0.05) is 0 Å². The van der Waals surface area contributed by atoms with Crippen LogP contribution in [-0.2, 0) is 4.65 Å². The van der Waals surface area contributed by atoms with Crippen molar-refractivity contribution in [1.82, 2.24) is 5.32 Å². The highest BCUT2D eigenvalue weighted by Crippen LogP contribution is 1.82. The Labute approximate surface area is 48.6 Å². The molecule has 0 aliphatic carbocycles. The second-order valence-corrected chi connectivity index (χ2v) is 1.39. The fraction of sp³-hybridized carbons (Fsp3) is 1.00. The van der Waals surface area contributed by atoms with Crippen LogP contribution in [0.25, 0.3) is 0 Å². The molecule has 0 saturated heterocycles. The van der Waals surface area contributed by atoms with Gasteiger partial charge in [0.15, 0.2) is 0 Å². The van der Waals surface area contributed by atoms with Crippen LogP contribution < -0.4 is 5.32 Å². The molecule has 4 nitrogen and oxygen atoms in total. The summed E-state index contributed by atoms with van der Waals surface area (Å²) in [4.78, 5) is 0. The van der Waals surface area contributed by atoms with Crippen LogP contribution in [-0.4, -0.2) is 30.6 Å². The molecular weight excluding hydrogens is 109 g/mol. The van der Waals surface area contributed by atoms with E-state index in [1.165, 1.54) is 0 Å². The van der Waals surface area contributed by atoms with Crippen LogP contribution in [0.5, 0.6) is 0 Å². The molecule has 0 spiro atoms. The maximum Gasteiger partial charge on any atom is 0.635 e. The largest absolute Gasteiger partial charge is 0.635 e. The van der Waals surface area contributed by atoms with Gasteiger partial charge in [0.2, 0.25) is 0 Å². The van der Waals surface area contributed by atoms with Crippen molar-refractivity contribution in [3.05, 3.63) is 0 Å². The van der Waals surface area contributed by atoms with E-state index in [0.717, 1.165) is 0 Å². The highest BCUT2D eigenvalue weighted by Gasteiger charge is 2.11. The van der Waals surface area contributed by atoms with Crippen molar-refractivity contribution in [2.45, 2.75) is 13.2 Å². The second kappa shape index (κ2) is 3.85. The summed E-state index contributed by atoms with van der Waals surface area (Å²) >= 11 is 0. The fourth-order valence-electron chi connectivity index (χ4n) is 0.251. The summed E-state index contributed by atoms with van der Waals surface area (Å²) in [6.07, 6.45) is -0.324. The third kappa shape index (κ3) is 4.07. The fourth-order valence-corrected chi connectivity index (χ4v) is 0.251. The van der Waals surface area contributed by atoms with Crippen LogP contribution in [0.1, 0.15) is 6.92 Å². The van der Waals surface area contributed by atoms with E-state index in [1.807, 2.05) is 0 Å². The van der Waals surface area contributed by atoms with E-state index in [9.17, 15) is 0 Å². The standard InChI is InChI=1S/C3H10BNO3/c1-3(5-2)8-4(6)7/h3,5-7H,1-2H3. The Morgan fingerprint density at radius 3 is 2.25 bits per heavy atom. The molecule has 1 atom stereocenters. The lowest BCUT2D eigenvalue weighted by Crippen LogP contribution is -2.32. The monoisotopic (exact) mass is 119 g/mol. The first-order chi connectivity index (χ1) is 3.66. The van der Waals surface area contributed by atoms with Crippen molar-refractivity contribution < 1.29 is 14.7 Å². The minimum absolute atomic E-state index is 0.324. The highest BCUT2D eigenvalue weighted by molar-refractivity contribution is 6.32. The van der Waals surface area contributed by atoms with E-state index in [2.05, 4.69) is 9.97 Å². The summed E-state index contributed by atoms with van der Waals surface area (Å²) < 4.78 is 4.40. The van der Waals surface area contributed by atoms with Gasteiger partial charge in [-0.15, -0.1) is 0 Å². The summed E-state index contributed by atoms with van der Waals surface area (Å²) in [5.74, 6) is 0. The molecule has 8 heavy (non-hydrogen) atoms. The number of hydrogen-bond donors (Lipinski definition) is 3. The quantitative estimate of drug-likeness (QED) is 0.313. The Balaban J connectivity index is 3.10. The zero-order valence-electron chi connectivity index (χ0n) is 4.96. The van der Waals surface area contributed by atoms with Crippen molar-refractivity contribution in [2.75, 3.05) is 7.05 Å². The van der Waals surface area contributed by atoms with E-state index in [1.54, 1.807) is 14.0 Å². The van der Waals surface area contributed by atoms with E-state index >= 15 is 0 Å². The van der Waals surface area contributed by atoms with Gasteiger partial charge >= 0.3 is 7.32 Å². The topological polar surface area (TPSA) is 61.7 Å². The lowest BCUT2D eigenvalue weighted by Gasteiger charge is -2.09. The lowest BCUT2D eigenvalue weighted by atomic mass is 10.2. The first kappa shape index (κ1) is 7.90. The van der Waals surface area contributed by atoms with Crippen molar-refractivity contribution in [2.24, 2.45) is 0 Å². The smallest absolute Gasteiger partial charge is 0.402 e. The summed E-state index contributed by atoms with van der Waals surface area (Å²) in [6, 6.07) is 0. The number of hydrogen-bond acceptors (Lipinski definition) is 4. The molecule has 0 aliphatic rings.